The Balaban J connectivity index is 0.00000612. The number of nitrogens with one attached hydrogen (secondary N) is 1. The van der Waals surface area contributed by atoms with Gasteiger partial charge in [0.15, 0.2) is 5.78 Å². The van der Waals surface area contributed by atoms with Crippen molar-refractivity contribution in [2.75, 3.05) is 19.8 Å². The number of aliphatic carboxylic acids is 1. The van der Waals surface area contributed by atoms with E-state index < -0.39 is 54.5 Å². The molecule has 1 N–H and O–H groups in total. The first kappa shape index (κ1) is 30.6. The quantitative estimate of drug-likeness (QED) is 0.123. The van der Waals surface area contributed by atoms with Crippen molar-refractivity contribution in [3.05, 3.63) is 47.2 Å². The fraction of sp³-hybridized carbons (Fsp3) is 0.391. The molecule has 1 aromatic rings. The number of ether oxygens (including phenoxy) is 2. The summed E-state index contributed by atoms with van der Waals surface area (Å²) in [6.45, 7) is 2.83. The minimum absolute atomic E-state index is 0. The van der Waals surface area contributed by atoms with E-state index in [1.54, 1.807) is 26.0 Å². The Morgan fingerprint density at radius 1 is 0.971 bits per heavy atom. The molecule has 0 aromatic heterocycles. The second-order valence-corrected chi connectivity index (χ2v) is 7.18. The number of imide groups is 1. The van der Waals surface area contributed by atoms with E-state index in [0.29, 0.717) is 0 Å². The number of Topliss-reactive ketones (excluding diaryl/α,β-unsaturated/α-hetero) is 1. The number of ketones is 1. The van der Waals surface area contributed by atoms with Crippen LogP contribution in [0.3, 0.4) is 0 Å². The van der Waals surface area contributed by atoms with Gasteiger partial charge in [0.1, 0.15) is 0 Å². The second-order valence-electron chi connectivity index (χ2n) is 7.18. The Kier molecular flexibility index (Phi) is 13.0. The maximum Gasteiger partial charge on any atom is 1.00 e. The first-order valence-corrected chi connectivity index (χ1v) is 10.6. The third kappa shape index (κ3) is 8.65. The summed E-state index contributed by atoms with van der Waals surface area (Å²) in [6.07, 6.45) is 0.0181. The molecule has 1 unspecified atom stereocenters. The molecule has 1 atom stereocenters. The number of carbonyl (C=O) groups excluding carboxylic acids is 6. The Morgan fingerprint density at radius 3 is 2.03 bits per heavy atom. The van der Waals surface area contributed by atoms with E-state index in [4.69, 9.17) is 9.47 Å². The van der Waals surface area contributed by atoms with E-state index in [1.165, 1.54) is 12.1 Å². The Labute approximate surface area is 244 Å². The summed E-state index contributed by atoms with van der Waals surface area (Å²) in [7, 11) is 0. The van der Waals surface area contributed by atoms with Gasteiger partial charge in [0, 0.05) is 18.2 Å². The van der Waals surface area contributed by atoms with Gasteiger partial charge in [-0.3, -0.25) is 28.9 Å². The van der Waals surface area contributed by atoms with Crippen molar-refractivity contribution < 1.29 is 94.7 Å². The zero-order chi connectivity index (χ0) is 25.3. The molecule has 0 aliphatic carbocycles. The van der Waals surface area contributed by atoms with Gasteiger partial charge in [-0.15, -0.1) is 0 Å². The molecule has 1 aromatic carbocycles. The zero-order valence-electron chi connectivity index (χ0n) is 19.8. The summed E-state index contributed by atoms with van der Waals surface area (Å²) < 4.78 is 9.60. The summed E-state index contributed by atoms with van der Waals surface area (Å²) in [5, 5.41) is 14.1. The smallest absolute Gasteiger partial charge is 0.548 e. The van der Waals surface area contributed by atoms with Crippen LogP contribution in [0.2, 0.25) is 0 Å². The number of carbonyl (C=O) groups is 6. The molecular weight excluding hydrogens is 487 g/mol. The van der Waals surface area contributed by atoms with Gasteiger partial charge in [-0.2, -0.15) is 0 Å². The van der Waals surface area contributed by atoms with Crippen molar-refractivity contribution in [3.63, 3.8) is 0 Å². The second kappa shape index (κ2) is 14.9. The summed E-state index contributed by atoms with van der Waals surface area (Å²) >= 11 is 0. The maximum absolute atomic E-state index is 12.6. The summed E-state index contributed by atoms with van der Waals surface area (Å²) in [6, 6.07) is 4.49. The SMILES string of the molecule is CCOC(=O)CCC(=O)/C(=C/NC(CN1C(=O)c2ccccc2C1=O)C(=O)[O-])CC(=O)OCC.[K+]. The molecule has 0 radical (unpaired) electrons. The number of fused-ring (bicyclic) bond motifs is 1. The van der Waals surface area contributed by atoms with Crippen LogP contribution in [0.25, 0.3) is 0 Å². The summed E-state index contributed by atoms with van der Waals surface area (Å²) in [5.41, 5.74) is 0.158. The largest absolute Gasteiger partial charge is 1.00 e. The number of esters is 2. The van der Waals surface area contributed by atoms with Crippen LogP contribution in [0.4, 0.5) is 0 Å². The Hall–Kier alpha value is -2.38. The van der Waals surface area contributed by atoms with Crippen molar-refractivity contribution in [1.29, 1.82) is 0 Å². The fourth-order valence-electron chi connectivity index (χ4n) is 3.19. The molecule has 0 spiro atoms. The van der Waals surface area contributed by atoms with Crippen molar-refractivity contribution >= 4 is 35.5 Å². The standard InChI is InChI=1S/C23H26N2O9.K/c1-3-33-19(27)10-9-18(26)14(11-20(28)34-4-2)12-24-17(23(31)32)13-25-21(29)15-7-5-6-8-16(15)22(25)30;/h5-8,12,17,24H,3-4,9-11,13H2,1-2H3,(H,31,32);/q;+1/p-1/b14-12+;. The molecule has 182 valence electrons. The Bertz CT molecular complexity index is 987. The zero-order valence-corrected chi connectivity index (χ0v) is 23.0. The third-order valence-corrected chi connectivity index (χ3v) is 4.85. The molecule has 2 rings (SSSR count). The van der Waals surface area contributed by atoms with E-state index in [2.05, 4.69) is 5.32 Å². The van der Waals surface area contributed by atoms with E-state index in [0.717, 1.165) is 11.1 Å². The van der Waals surface area contributed by atoms with E-state index in [-0.39, 0.29) is 94.1 Å². The monoisotopic (exact) mass is 512 g/mol. The number of rotatable bonds is 13. The van der Waals surface area contributed by atoms with Crippen LogP contribution in [-0.2, 0) is 28.7 Å². The van der Waals surface area contributed by atoms with E-state index >= 15 is 0 Å². The minimum atomic E-state index is -1.64. The van der Waals surface area contributed by atoms with Crippen molar-refractivity contribution in [1.82, 2.24) is 10.2 Å². The number of amides is 2. The van der Waals surface area contributed by atoms with Crippen LogP contribution >= 0.6 is 0 Å². The van der Waals surface area contributed by atoms with Gasteiger partial charge in [-0.25, -0.2) is 0 Å². The third-order valence-electron chi connectivity index (χ3n) is 4.85. The van der Waals surface area contributed by atoms with Gasteiger partial charge < -0.3 is 24.7 Å². The van der Waals surface area contributed by atoms with Crippen LogP contribution in [0.15, 0.2) is 36.0 Å². The molecule has 35 heavy (non-hydrogen) atoms. The van der Waals surface area contributed by atoms with Crippen molar-refractivity contribution in [2.24, 2.45) is 0 Å². The van der Waals surface area contributed by atoms with Gasteiger partial charge in [0.05, 0.1) is 55.7 Å². The molecule has 1 aliphatic heterocycles. The minimum Gasteiger partial charge on any atom is -0.548 e. The molecule has 0 bridgehead atoms. The van der Waals surface area contributed by atoms with Gasteiger partial charge in [0.25, 0.3) is 11.8 Å². The average molecular weight is 513 g/mol. The molecule has 0 fully saturated rings. The van der Waals surface area contributed by atoms with Crippen molar-refractivity contribution in [3.8, 4) is 0 Å². The molecule has 0 saturated heterocycles. The predicted octanol–water partition coefficient (Wildman–Crippen LogP) is -3.26. The first-order valence-electron chi connectivity index (χ1n) is 10.6. The number of carboxylic acids is 1. The summed E-state index contributed by atoms with van der Waals surface area (Å²) in [4.78, 5) is 73.5. The topological polar surface area (TPSA) is 159 Å². The molecule has 11 nitrogen and oxygen atoms in total. The van der Waals surface area contributed by atoms with Crippen LogP contribution in [0, 0.1) is 0 Å². The number of hydrogen-bond acceptors (Lipinski definition) is 10. The van der Waals surface area contributed by atoms with Crippen LogP contribution in [0.1, 0.15) is 53.8 Å². The normalized spacial score (nSPS) is 13.4. The molecular formula is C23H25KN2O9. The van der Waals surface area contributed by atoms with E-state index in [1.807, 2.05) is 0 Å². The Morgan fingerprint density at radius 2 is 1.51 bits per heavy atom. The van der Waals surface area contributed by atoms with Crippen LogP contribution in [-0.4, -0.2) is 66.2 Å². The molecule has 2 amide bonds. The van der Waals surface area contributed by atoms with Gasteiger partial charge in [-0.1, -0.05) is 12.1 Å². The van der Waals surface area contributed by atoms with Crippen LogP contribution in [0.5, 0.6) is 0 Å². The first-order chi connectivity index (χ1) is 16.2. The maximum atomic E-state index is 12.6. The van der Waals surface area contributed by atoms with Crippen LogP contribution < -0.4 is 61.8 Å². The number of carboxylic acid groups (broad SMARTS) is 1. The molecule has 0 saturated carbocycles. The molecule has 12 heteroatoms. The van der Waals surface area contributed by atoms with Gasteiger partial charge in [0.2, 0.25) is 0 Å². The fourth-order valence-corrected chi connectivity index (χ4v) is 3.19. The molecule has 1 aliphatic rings. The number of benzene rings is 1. The number of hydrogen-bond donors (Lipinski definition) is 1. The average Bonchev–Trinajstić information content (AvgIpc) is 3.04. The predicted molar refractivity (Wildman–Crippen MR) is 114 cm³/mol. The van der Waals surface area contributed by atoms with Gasteiger partial charge >= 0.3 is 63.3 Å². The molecule has 1 heterocycles. The van der Waals surface area contributed by atoms with Crippen molar-refractivity contribution in [2.45, 2.75) is 39.2 Å². The summed E-state index contributed by atoms with van der Waals surface area (Å²) in [5.74, 6) is -4.89. The number of nitrogens with zero attached hydrogens (tertiary/aromatic N) is 1. The van der Waals surface area contributed by atoms with E-state index in [9.17, 15) is 33.9 Å². The van der Waals surface area contributed by atoms with Gasteiger partial charge in [-0.05, 0) is 26.0 Å².